The molecular formula is C16H17N5O2. The summed E-state index contributed by atoms with van der Waals surface area (Å²) in [6.45, 7) is 2.45. The lowest BCUT2D eigenvalue weighted by Crippen LogP contribution is -2.40. The highest BCUT2D eigenvalue weighted by Crippen LogP contribution is 2.28. The van der Waals surface area contributed by atoms with Crippen LogP contribution in [-0.4, -0.2) is 50.5 Å². The highest BCUT2D eigenvalue weighted by molar-refractivity contribution is 5.80. The molecule has 1 unspecified atom stereocenters. The number of fused-ring (bicyclic) bond motifs is 1. The van der Waals surface area contributed by atoms with E-state index < -0.39 is 0 Å². The quantitative estimate of drug-likeness (QED) is 0.818. The summed E-state index contributed by atoms with van der Waals surface area (Å²) < 4.78 is 5.34. The Bertz CT molecular complexity index is 716. The van der Waals surface area contributed by atoms with E-state index in [4.69, 9.17) is 4.74 Å². The molecule has 0 bridgehead atoms. The zero-order valence-electron chi connectivity index (χ0n) is 12.7. The molecule has 1 saturated heterocycles. The van der Waals surface area contributed by atoms with E-state index in [0.717, 1.165) is 35.4 Å². The Labute approximate surface area is 133 Å². The molecule has 0 aromatic carbocycles. The lowest BCUT2D eigenvalue weighted by Gasteiger charge is -2.30. The molecule has 0 saturated carbocycles. The predicted molar refractivity (Wildman–Crippen MR) is 81.1 cm³/mol. The van der Waals surface area contributed by atoms with E-state index in [1.807, 2.05) is 4.90 Å². The smallest absolute Gasteiger partial charge is 0.228 e. The predicted octanol–water partition coefficient (Wildman–Crippen LogP) is 0.855. The standard InChI is InChI=1S/C16H17N5O2/c22-16(11-2-4-23-8-11)21-3-1-14-13(7-21)15(20-10-19-14)12-5-17-9-18-6-12/h5-6,9-11H,1-4,7-8H2. The molecule has 7 heteroatoms. The first-order valence-corrected chi connectivity index (χ1v) is 7.77. The fourth-order valence-electron chi connectivity index (χ4n) is 3.19. The van der Waals surface area contributed by atoms with Crippen LogP contribution in [-0.2, 0) is 22.5 Å². The second-order valence-electron chi connectivity index (χ2n) is 5.84. The van der Waals surface area contributed by atoms with Crippen molar-refractivity contribution in [2.45, 2.75) is 19.4 Å². The van der Waals surface area contributed by atoms with Gasteiger partial charge in [-0.3, -0.25) is 4.79 Å². The Morgan fingerprint density at radius 3 is 2.87 bits per heavy atom. The highest BCUT2D eigenvalue weighted by atomic mass is 16.5. The third-order valence-electron chi connectivity index (χ3n) is 4.43. The first kappa shape index (κ1) is 14.2. The van der Waals surface area contributed by atoms with E-state index >= 15 is 0 Å². The molecule has 4 rings (SSSR count). The summed E-state index contributed by atoms with van der Waals surface area (Å²) >= 11 is 0. The van der Waals surface area contributed by atoms with Gasteiger partial charge in [-0.05, 0) is 6.42 Å². The molecular weight excluding hydrogens is 294 g/mol. The van der Waals surface area contributed by atoms with Crippen LogP contribution in [0.25, 0.3) is 11.3 Å². The number of carbonyl (C=O) groups excluding carboxylic acids is 1. The van der Waals surface area contributed by atoms with Gasteiger partial charge >= 0.3 is 0 Å². The topological polar surface area (TPSA) is 81.1 Å². The number of amides is 1. The molecule has 1 atom stereocenters. The van der Waals surface area contributed by atoms with Crippen LogP contribution < -0.4 is 0 Å². The van der Waals surface area contributed by atoms with E-state index in [9.17, 15) is 4.79 Å². The van der Waals surface area contributed by atoms with Crippen molar-refractivity contribution in [3.05, 3.63) is 36.3 Å². The number of hydrogen-bond donors (Lipinski definition) is 0. The first-order chi connectivity index (χ1) is 11.3. The van der Waals surface area contributed by atoms with Gasteiger partial charge in [0, 0.05) is 49.6 Å². The molecule has 2 aliphatic rings. The maximum absolute atomic E-state index is 12.6. The van der Waals surface area contributed by atoms with Crippen molar-refractivity contribution in [3.63, 3.8) is 0 Å². The third kappa shape index (κ3) is 2.68. The van der Waals surface area contributed by atoms with E-state index in [2.05, 4.69) is 19.9 Å². The molecule has 2 aliphatic heterocycles. The van der Waals surface area contributed by atoms with Gasteiger partial charge < -0.3 is 9.64 Å². The molecule has 1 amide bonds. The zero-order chi connectivity index (χ0) is 15.6. The number of ether oxygens (including phenoxy) is 1. The average Bonchev–Trinajstić information content (AvgIpc) is 3.15. The van der Waals surface area contributed by atoms with Crippen molar-refractivity contribution in [2.75, 3.05) is 19.8 Å². The fourth-order valence-corrected chi connectivity index (χ4v) is 3.19. The van der Waals surface area contributed by atoms with Gasteiger partial charge in [0.25, 0.3) is 0 Å². The number of aromatic nitrogens is 4. The van der Waals surface area contributed by atoms with Crippen LogP contribution in [0.4, 0.5) is 0 Å². The Hall–Kier alpha value is -2.41. The van der Waals surface area contributed by atoms with E-state index in [0.29, 0.717) is 26.3 Å². The SMILES string of the molecule is O=C(C1CCOC1)N1CCc2ncnc(-c3cncnc3)c2C1. The second-order valence-corrected chi connectivity index (χ2v) is 5.84. The largest absolute Gasteiger partial charge is 0.381 e. The molecule has 7 nitrogen and oxygen atoms in total. The van der Waals surface area contributed by atoms with Gasteiger partial charge in [-0.15, -0.1) is 0 Å². The summed E-state index contributed by atoms with van der Waals surface area (Å²) in [5.74, 6) is 0.164. The Morgan fingerprint density at radius 2 is 2.09 bits per heavy atom. The molecule has 4 heterocycles. The lowest BCUT2D eigenvalue weighted by atomic mass is 9.99. The lowest BCUT2D eigenvalue weighted by molar-refractivity contribution is -0.136. The normalized spacial score (nSPS) is 20.3. The maximum atomic E-state index is 12.6. The van der Waals surface area contributed by atoms with Crippen molar-refractivity contribution in [2.24, 2.45) is 5.92 Å². The van der Waals surface area contributed by atoms with Crippen LogP contribution in [0.2, 0.25) is 0 Å². The van der Waals surface area contributed by atoms with Crippen LogP contribution in [0.5, 0.6) is 0 Å². The highest BCUT2D eigenvalue weighted by Gasteiger charge is 2.31. The summed E-state index contributed by atoms with van der Waals surface area (Å²) in [6, 6.07) is 0. The van der Waals surface area contributed by atoms with Crippen LogP contribution in [0.3, 0.4) is 0 Å². The van der Waals surface area contributed by atoms with Gasteiger partial charge in [0.05, 0.1) is 23.9 Å². The van der Waals surface area contributed by atoms with Crippen molar-refractivity contribution < 1.29 is 9.53 Å². The molecule has 0 spiro atoms. The maximum Gasteiger partial charge on any atom is 0.228 e. The van der Waals surface area contributed by atoms with Crippen LogP contribution in [0.15, 0.2) is 25.0 Å². The second kappa shape index (κ2) is 6.00. The van der Waals surface area contributed by atoms with Gasteiger partial charge in [-0.2, -0.15) is 0 Å². The van der Waals surface area contributed by atoms with Crippen molar-refractivity contribution >= 4 is 5.91 Å². The molecule has 1 fully saturated rings. The van der Waals surface area contributed by atoms with Crippen molar-refractivity contribution in [1.29, 1.82) is 0 Å². The van der Waals surface area contributed by atoms with Crippen molar-refractivity contribution in [3.8, 4) is 11.3 Å². The first-order valence-electron chi connectivity index (χ1n) is 7.77. The van der Waals surface area contributed by atoms with E-state index in [-0.39, 0.29) is 11.8 Å². The van der Waals surface area contributed by atoms with Gasteiger partial charge in [-0.1, -0.05) is 0 Å². The Morgan fingerprint density at radius 1 is 1.22 bits per heavy atom. The summed E-state index contributed by atoms with van der Waals surface area (Å²) in [5.41, 5.74) is 3.67. The number of carbonyl (C=O) groups is 1. The Balaban J connectivity index is 1.64. The van der Waals surface area contributed by atoms with Gasteiger partial charge in [-0.25, -0.2) is 19.9 Å². The van der Waals surface area contributed by atoms with Crippen molar-refractivity contribution in [1.82, 2.24) is 24.8 Å². The van der Waals surface area contributed by atoms with E-state index in [1.165, 1.54) is 6.33 Å². The molecule has 0 radical (unpaired) electrons. The molecule has 23 heavy (non-hydrogen) atoms. The van der Waals surface area contributed by atoms with Crippen LogP contribution in [0, 0.1) is 5.92 Å². The molecule has 2 aromatic heterocycles. The number of hydrogen-bond acceptors (Lipinski definition) is 6. The average molecular weight is 311 g/mol. The van der Waals surface area contributed by atoms with Gasteiger partial charge in [0.2, 0.25) is 5.91 Å². The fraction of sp³-hybridized carbons (Fsp3) is 0.438. The summed E-state index contributed by atoms with van der Waals surface area (Å²) in [6.07, 6.45) is 8.10. The summed E-state index contributed by atoms with van der Waals surface area (Å²) in [7, 11) is 0. The Kier molecular flexibility index (Phi) is 3.70. The molecule has 0 aliphatic carbocycles. The third-order valence-corrected chi connectivity index (χ3v) is 4.43. The van der Waals surface area contributed by atoms with Gasteiger partial charge in [0.1, 0.15) is 12.7 Å². The molecule has 2 aromatic rings. The number of rotatable bonds is 2. The van der Waals surface area contributed by atoms with Crippen LogP contribution in [0.1, 0.15) is 17.7 Å². The minimum absolute atomic E-state index is 0.00955. The minimum Gasteiger partial charge on any atom is -0.381 e. The number of nitrogens with zero attached hydrogens (tertiary/aromatic N) is 5. The summed E-state index contributed by atoms with van der Waals surface area (Å²) in [5, 5.41) is 0. The van der Waals surface area contributed by atoms with Crippen LogP contribution >= 0.6 is 0 Å². The molecule has 0 N–H and O–H groups in total. The molecule has 118 valence electrons. The summed E-state index contributed by atoms with van der Waals surface area (Å²) in [4.78, 5) is 31.4. The zero-order valence-corrected chi connectivity index (χ0v) is 12.7. The van der Waals surface area contributed by atoms with Gasteiger partial charge in [0.15, 0.2) is 0 Å². The van der Waals surface area contributed by atoms with E-state index in [1.54, 1.807) is 18.7 Å². The monoisotopic (exact) mass is 311 g/mol. The minimum atomic E-state index is -0.00955.